The number of carbonyl (C=O) groups is 1. The van der Waals surface area contributed by atoms with Crippen LogP contribution in [0.5, 0.6) is 11.5 Å². The molecule has 0 atom stereocenters. The Labute approximate surface area is 193 Å². The van der Waals surface area contributed by atoms with Crippen LogP contribution in [0.3, 0.4) is 0 Å². The number of halogens is 3. The van der Waals surface area contributed by atoms with E-state index in [1.54, 1.807) is 18.2 Å². The van der Waals surface area contributed by atoms with Crippen molar-refractivity contribution in [2.75, 3.05) is 24.9 Å². The summed E-state index contributed by atoms with van der Waals surface area (Å²) in [4.78, 5) is 13.4. The maximum absolute atomic E-state index is 14.7. The van der Waals surface area contributed by atoms with Crippen LogP contribution in [-0.4, -0.2) is 44.5 Å². The van der Waals surface area contributed by atoms with Gasteiger partial charge in [0, 0.05) is 29.8 Å². The summed E-state index contributed by atoms with van der Waals surface area (Å²) in [5.41, 5.74) is -0.539. The highest BCUT2D eigenvalue weighted by molar-refractivity contribution is 7.92. The molecule has 4 rings (SSSR count). The van der Waals surface area contributed by atoms with E-state index in [9.17, 15) is 27.1 Å². The number of rotatable bonds is 0. The van der Waals surface area contributed by atoms with Gasteiger partial charge in [-0.3, -0.25) is 9.52 Å². The number of anilines is 1. The SMILES string of the molecule is CN1CCOc2ccccc2-c2cc(c(F)cc2F)NS(=O)(=O)c2cc(cc(Cl)c2O)C1=O. The smallest absolute Gasteiger partial charge is 0.265 e. The minimum Gasteiger partial charge on any atom is -0.505 e. The van der Waals surface area contributed by atoms with Crippen LogP contribution in [0.15, 0.2) is 53.4 Å². The van der Waals surface area contributed by atoms with Crippen molar-refractivity contribution < 1.29 is 31.8 Å². The van der Waals surface area contributed by atoms with Crippen molar-refractivity contribution in [1.29, 1.82) is 0 Å². The molecule has 0 aromatic heterocycles. The van der Waals surface area contributed by atoms with E-state index in [4.69, 9.17) is 16.3 Å². The number of benzene rings is 3. The monoisotopic (exact) mass is 494 g/mol. The lowest BCUT2D eigenvalue weighted by molar-refractivity contribution is 0.0773. The van der Waals surface area contributed by atoms with Crippen molar-refractivity contribution in [3.8, 4) is 22.6 Å². The molecule has 0 unspecified atom stereocenters. The Hall–Kier alpha value is -3.37. The van der Waals surface area contributed by atoms with Gasteiger partial charge in [0.1, 0.15) is 28.9 Å². The standard InChI is InChI=1S/C22H17ClF2N2O5S/c1-27-6-7-32-19-5-3-2-4-13(19)14-10-18(17(25)11-16(14)24)26-33(30,31)20-9-12(22(27)29)8-15(23)21(20)28/h2-5,8-11,26,28H,6-7H2,1H3. The second kappa shape index (κ2) is 8.53. The molecular weight excluding hydrogens is 478 g/mol. The first-order valence-corrected chi connectivity index (χ1v) is 11.5. The number of para-hydroxylation sites is 1. The number of nitrogens with one attached hydrogen (secondary N) is 1. The summed E-state index contributed by atoms with van der Waals surface area (Å²) in [7, 11) is -3.16. The average Bonchev–Trinajstić information content (AvgIpc) is 2.76. The van der Waals surface area contributed by atoms with Gasteiger partial charge in [0.05, 0.1) is 17.3 Å². The lowest BCUT2D eigenvalue weighted by atomic mass is 10.0. The molecule has 1 amide bonds. The molecule has 1 heterocycles. The van der Waals surface area contributed by atoms with Crippen LogP contribution in [0.1, 0.15) is 10.4 Å². The van der Waals surface area contributed by atoms with Gasteiger partial charge in [0.25, 0.3) is 15.9 Å². The maximum Gasteiger partial charge on any atom is 0.265 e. The summed E-state index contributed by atoms with van der Waals surface area (Å²) in [6.45, 7) is 0.132. The molecule has 0 radical (unpaired) electrons. The van der Waals surface area contributed by atoms with Crippen LogP contribution in [0.25, 0.3) is 11.1 Å². The number of aromatic hydroxyl groups is 1. The molecule has 3 aromatic rings. The Morgan fingerprint density at radius 2 is 1.82 bits per heavy atom. The highest BCUT2D eigenvalue weighted by atomic mass is 35.5. The number of ether oxygens (including phenoxy) is 1. The molecule has 0 fully saturated rings. The van der Waals surface area contributed by atoms with Gasteiger partial charge in [0.2, 0.25) is 0 Å². The average molecular weight is 495 g/mol. The van der Waals surface area contributed by atoms with Crippen LogP contribution >= 0.6 is 11.6 Å². The number of likely N-dealkylation sites (N-methyl/N-ethyl adjacent to an activating group) is 1. The molecule has 33 heavy (non-hydrogen) atoms. The van der Waals surface area contributed by atoms with E-state index in [0.29, 0.717) is 6.07 Å². The second-order valence-corrected chi connectivity index (χ2v) is 9.35. The number of sulfonamides is 1. The number of carbonyl (C=O) groups excluding carboxylic acids is 1. The van der Waals surface area contributed by atoms with E-state index in [0.717, 1.165) is 18.2 Å². The normalized spacial score (nSPS) is 15.5. The molecule has 7 nitrogen and oxygen atoms in total. The van der Waals surface area contributed by atoms with E-state index in [2.05, 4.69) is 0 Å². The van der Waals surface area contributed by atoms with Gasteiger partial charge in [-0.25, -0.2) is 17.2 Å². The molecule has 2 N–H and O–H groups in total. The zero-order valence-corrected chi connectivity index (χ0v) is 18.7. The van der Waals surface area contributed by atoms with Crippen molar-refractivity contribution in [1.82, 2.24) is 4.90 Å². The van der Waals surface area contributed by atoms with Crippen molar-refractivity contribution >= 4 is 33.2 Å². The number of phenols is 1. The summed E-state index contributed by atoms with van der Waals surface area (Å²) < 4.78 is 63.0. The molecule has 3 aromatic carbocycles. The van der Waals surface area contributed by atoms with Crippen molar-refractivity contribution in [2.45, 2.75) is 4.90 Å². The third-order valence-electron chi connectivity index (χ3n) is 5.07. The van der Waals surface area contributed by atoms with E-state index in [1.807, 2.05) is 4.72 Å². The number of hydrogen-bond acceptors (Lipinski definition) is 5. The molecule has 0 saturated heterocycles. The van der Waals surface area contributed by atoms with Crippen molar-refractivity contribution in [2.24, 2.45) is 0 Å². The maximum atomic E-state index is 14.7. The Morgan fingerprint density at radius 3 is 2.58 bits per heavy atom. The summed E-state index contributed by atoms with van der Waals surface area (Å²) >= 11 is 5.97. The van der Waals surface area contributed by atoms with Gasteiger partial charge in [-0.15, -0.1) is 0 Å². The number of hydrogen-bond donors (Lipinski definition) is 2. The Bertz CT molecular complexity index is 1380. The quantitative estimate of drug-likeness (QED) is 0.487. The zero-order chi connectivity index (χ0) is 23.9. The number of amides is 1. The molecule has 172 valence electrons. The molecule has 0 spiro atoms. The zero-order valence-electron chi connectivity index (χ0n) is 17.1. The first-order chi connectivity index (χ1) is 15.6. The Balaban J connectivity index is 1.95. The largest absolute Gasteiger partial charge is 0.505 e. The topological polar surface area (TPSA) is 95.9 Å². The molecular formula is C22H17ClF2N2O5S. The second-order valence-electron chi connectivity index (χ2n) is 7.29. The van der Waals surface area contributed by atoms with Gasteiger partial charge in [0.15, 0.2) is 5.75 Å². The third kappa shape index (κ3) is 4.31. The Kier molecular flexibility index (Phi) is 5.89. The van der Waals surface area contributed by atoms with Crippen LogP contribution in [0.2, 0.25) is 5.02 Å². The predicted octanol–water partition coefficient (Wildman–Crippen LogP) is 4.26. The van der Waals surface area contributed by atoms with E-state index in [1.165, 1.54) is 18.0 Å². The molecule has 0 saturated carbocycles. The lowest BCUT2D eigenvalue weighted by Gasteiger charge is -2.19. The first-order valence-electron chi connectivity index (χ1n) is 9.60. The molecule has 1 aliphatic heterocycles. The Morgan fingerprint density at radius 1 is 1.09 bits per heavy atom. The van der Waals surface area contributed by atoms with Crippen molar-refractivity contribution in [3.63, 3.8) is 0 Å². The minimum absolute atomic E-state index is 0.0319. The van der Waals surface area contributed by atoms with Gasteiger partial charge < -0.3 is 14.7 Å². The fourth-order valence-electron chi connectivity index (χ4n) is 3.36. The van der Waals surface area contributed by atoms with E-state index < -0.39 is 43.9 Å². The van der Waals surface area contributed by atoms with Gasteiger partial charge in [-0.1, -0.05) is 29.8 Å². The van der Waals surface area contributed by atoms with Crippen molar-refractivity contribution in [3.05, 3.63) is 70.8 Å². The summed E-state index contributed by atoms with van der Waals surface area (Å²) in [5, 5.41) is 9.88. The first kappa shape index (κ1) is 22.8. The van der Waals surface area contributed by atoms with E-state index in [-0.39, 0.29) is 40.6 Å². The van der Waals surface area contributed by atoms with Crippen LogP contribution in [0, 0.1) is 11.6 Å². The van der Waals surface area contributed by atoms with Crippen LogP contribution in [0.4, 0.5) is 14.5 Å². The number of fused-ring (bicyclic) bond motifs is 6. The summed E-state index contributed by atoms with van der Waals surface area (Å²) in [6, 6.07) is 9.97. The molecule has 0 aliphatic carbocycles. The molecule has 11 heteroatoms. The summed E-state index contributed by atoms with van der Waals surface area (Å²) in [5.74, 6) is -3.26. The number of nitrogens with zero attached hydrogens (tertiary/aromatic N) is 1. The van der Waals surface area contributed by atoms with Gasteiger partial charge >= 0.3 is 0 Å². The highest BCUT2D eigenvalue weighted by Crippen LogP contribution is 2.37. The molecule has 4 bridgehead atoms. The van der Waals surface area contributed by atoms with Crippen LogP contribution < -0.4 is 9.46 Å². The number of phenolic OH excluding ortho intramolecular Hbond substituents is 1. The third-order valence-corrected chi connectivity index (χ3v) is 6.74. The minimum atomic E-state index is -4.63. The fourth-order valence-corrected chi connectivity index (χ4v) is 4.84. The summed E-state index contributed by atoms with van der Waals surface area (Å²) in [6.07, 6.45) is 0. The fraction of sp³-hybridized carbons (Fsp3) is 0.136. The van der Waals surface area contributed by atoms with Crippen LogP contribution in [-0.2, 0) is 10.0 Å². The highest BCUT2D eigenvalue weighted by Gasteiger charge is 2.27. The lowest BCUT2D eigenvalue weighted by Crippen LogP contribution is -2.31. The van der Waals surface area contributed by atoms with Gasteiger partial charge in [-0.05, 0) is 24.3 Å². The van der Waals surface area contributed by atoms with E-state index >= 15 is 0 Å². The van der Waals surface area contributed by atoms with Gasteiger partial charge in [-0.2, -0.15) is 0 Å². The molecule has 1 aliphatic rings. The predicted molar refractivity (Wildman–Crippen MR) is 118 cm³/mol.